The zero-order valence-electron chi connectivity index (χ0n) is 16.8. The molecule has 14 heteroatoms. The highest BCUT2D eigenvalue weighted by atomic mass is 19.4. The zero-order valence-corrected chi connectivity index (χ0v) is 16.8. The molecule has 2 heterocycles. The third kappa shape index (κ3) is 5.43. The lowest BCUT2D eigenvalue weighted by atomic mass is 9.82. The maximum Gasteiger partial charge on any atom is 0.573 e. The molecule has 8 nitrogen and oxygen atoms in total. The lowest BCUT2D eigenvalue weighted by Gasteiger charge is -2.33. The van der Waals surface area contributed by atoms with Crippen LogP contribution in [-0.4, -0.2) is 46.0 Å². The van der Waals surface area contributed by atoms with E-state index in [-0.39, 0.29) is 42.3 Å². The van der Waals surface area contributed by atoms with Gasteiger partial charge >= 0.3 is 12.7 Å². The number of aromatic nitrogens is 3. The number of hydrogen-bond donors (Lipinski definition) is 1. The van der Waals surface area contributed by atoms with Crippen molar-refractivity contribution in [2.24, 2.45) is 0 Å². The predicted octanol–water partition coefficient (Wildman–Crippen LogP) is 4.12. The Morgan fingerprint density at radius 2 is 1.85 bits per heavy atom. The number of pyridine rings is 1. The fourth-order valence-corrected chi connectivity index (χ4v) is 3.53. The molecule has 1 N–H and O–H groups in total. The predicted molar refractivity (Wildman–Crippen MR) is 96.6 cm³/mol. The van der Waals surface area contributed by atoms with Crippen LogP contribution < -0.4 is 10.1 Å². The minimum atomic E-state index is -4.86. The van der Waals surface area contributed by atoms with Crippen molar-refractivity contribution >= 4 is 11.5 Å². The molecule has 0 aliphatic heterocycles. The van der Waals surface area contributed by atoms with E-state index in [1.54, 1.807) is 6.92 Å². The molecule has 0 bridgehead atoms. The Bertz CT molecular complexity index is 1060. The lowest BCUT2D eigenvalue weighted by molar-refractivity contribution is -0.352. The Labute approximate surface area is 182 Å². The molecule has 1 unspecified atom stereocenters. The van der Waals surface area contributed by atoms with E-state index in [2.05, 4.69) is 30.0 Å². The summed E-state index contributed by atoms with van der Waals surface area (Å²) in [5.41, 5.74) is 1.34. The third-order valence-electron chi connectivity index (χ3n) is 5.36. The van der Waals surface area contributed by atoms with Gasteiger partial charge in [-0.15, -0.1) is 36.5 Å². The Kier molecular flexibility index (Phi) is 5.80. The molecule has 2 aromatic rings. The summed E-state index contributed by atoms with van der Waals surface area (Å²) >= 11 is 0. The monoisotopic (exact) mass is 478 g/mol. The molecule has 1 atom stereocenters. The molecule has 1 fully saturated rings. The molecule has 0 spiro atoms. The standard InChI is InChI=1S/C19H16F6N4O4/c1-8-12(17-29-28-16(31-17)9-4-11(5-9)33-19(23,24)25)6-14(8)27-15(30)13-3-2-10(7-26-13)32-18(20,21)22/h2-3,7,9,11,14H,4-6H2,1H3,(H,27,30). The molecule has 1 saturated carbocycles. The lowest BCUT2D eigenvalue weighted by Crippen LogP contribution is -2.41. The van der Waals surface area contributed by atoms with Crippen LogP contribution >= 0.6 is 0 Å². The van der Waals surface area contributed by atoms with Crippen LogP contribution in [0.2, 0.25) is 0 Å². The molecule has 33 heavy (non-hydrogen) atoms. The first-order valence-electron chi connectivity index (χ1n) is 9.68. The highest BCUT2D eigenvalue weighted by Gasteiger charge is 2.43. The minimum Gasteiger partial charge on any atom is -0.421 e. The summed E-state index contributed by atoms with van der Waals surface area (Å²) in [7, 11) is 0. The van der Waals surface area contributed by atoms with Gasteiger partial charge in [0.2, 0.25) is 11.8 Å². The number of nitrogens with zero attached hydrogens (tertiary/aromatic N) is 3. The van der Waals surface area contributed by atoms with Crippen LogP contribution in [0.4, 0.5) is 26.3 Å². The van der Waals surface area contributed by atoms with E-state index in [4.69, 9.17) is 4.42 Å². The number of halogens is 6. The van der Waals surface area contributed by atoms with Gasteiger partial charge in [0, 0.05) is 17.9 Å². The first-order valence-corrected chi connectivity index (χ1v) is 9.68. The Hall–Kier alpha value is -3.16. The molecule has 1 amide bonds. The van der Waals surface area contributed by atoms with Crippen molar-refractivity contribution in [1.82, 2.24) is 20.5 Å². The maximum absolute atomic E-state index is 12.3. The summed E-state index contributed by atoms with van der Waals surface area (Å²) in [6, 6.07) is 1.71. The third-order valence-corrected chi connectivity index (χ3v) is 5.36. The van der Waals surface area contributed by atoms with Crippen LogP contribution in [0.5, 0.6) is 5.75 Å². The van der Waals surface area contributed by atoms with Crippen LogP contribution in [-0.2, 0) is 4.74 Å². The summed E-state index contributed by atoms with van der Waals surface area (Å²) < 4.78 is 86.5. The number of carbonyl (C=O) groups excluding carboxylic acids is 1. The Balaban J connectivity index is 1.31. The molecule has 2 aromatic heterocycles. The second kappa shape index (κ2) is 8.32. The van der Waals surface area contributed by atoms with Crippen molar-refractivity contribution in [3.05, 3.63) is 41.4 Å². The van der Waals surface area contributed by atoms with Crippen molar-refractivity contribution in [2.45, 2.75) is 57.0 Å². The van der Waals surface area contributed by atoms with Crippen LogP contribution in [0.25, 0.3) is 5.57 Å². The number of ether oxygens (including phenoxy) is 2. The van der Waals surface area contributed by atoms with Crippen LogP contribution in [0, 0.1) is 0 Å². The van der Waals surface area contributed by atoms with Crippen LogP contribution in [0.15, 0.2) is 28.3 Å². The van der Waals surface area contributed by atoms with E-state index < -0.39 is 30.5 Å². The van der Waals surface area contributed by atoms with Gasteiger partial charge in [-0.1, -0.05) is 0 Å². The first kappa shape index (κ1) is 23.0. The van der Waals surface area contributed by atoms with Gasteiger partial charge in [-0.3, -0.25) is 9.53 Å². The molecule has 2 aliphatic carbocycles. The van der Waals surface area contributed by atoms with Gasteiger partial charge in [-0.25, -0.2) is 4.98 Å². The van der Waals surface area contributed by atoms with Crippen molar-refractivity contribution in [3.63, 3.8) is 0 Å². The van der Waals surface area contributed by atoms with Gasteiger partial charge in [0.15, 0.2) is 0 Å². The van der Waals surface area contributed by atoms with E-state index in [1.807, 2.05) is 0 Å². The van der Waals surface area contributed by atoms with Crippen molar-refractivity contribution in [2.75, 3.05) is 0 Å². The van der Waals surface area contributed by atoms with Gasteiger partial charge < -0.3 is 14.5 Å². The number of amides is 1. The van der Waals surface area contributed by atoms with Crippen molar-refractivity contribution in [3.8, 4) is 5.75 Å². The summed E-state index contributed by atoms with van der Waals surface area (Å²) in [4.78, 5) is 16.0. The second-order valence-corrected chi connectivity index (χ2v) is 7.62. The van der Waals surface area contributed by atoms with E-state index in [0.717, 1.165) is 23.9 Å². The highest BCUT2D eigenvalue weighted by molar-refractivity contribution is 5.93. The van der Waals surface area contributed by atoms with Gasteiger partial charge in [0.25, 0.3) is 5.91 Å². The molecule has 178 valence electrons. The van der Waals surface area contributed by atoms with E-state index in [1.165, 1.54) is 0 Å². The fourth-order valence-electron chi connectivity index (χ4n) is 3.53. The quantitative estimate of drug-likeness (QED) is 0.624. The van der Waals surface area contributed by atoms with Gasteiger partial charge in [0.05, 0.1) is 18.3 Å². The largest absolute Gasteiger partial charge is 0.573 e. The van der Waals surface area contributed by atoms with Crippen molar-refractivity contribution < 1.29 is 45.0 Å². The fraction of sp³-hybridized carbons (Fsp3) is 0.474. The number of hydrogen-bond acceptors (Lipinski definition) is 7. The SMILES string of the molecule is CC1=C(c2nnc(C3CC(OC(F)(F)F)C3)o2)CC1NC(=O)c1ccc(OC(F)(F)F)cn1. The van der Waals surface area contributed by atoms with Gasteiger partial charge in [-0.05, 0) is 37.5 Å². The first-order chi connectivity index (χ1) is 15.4. The molecule has 4 rings (SSSR count). The molecule has 0 aromatic carbocycles. The highest BCUT2D eigenvalue weighted by Crippen LogP contribution is 2.42. The summed E-state index contributed by atoms with van der Waals surface area (Å²) in [6.45, 7) is 1.73. The zero-order chi connectivity index (χ0) is 24.0. The summed E-state index contributed by atoms with van der Waals surface area (Å²) in [5.74, 6) is -1.00. The smallest absolute Gasteiger partial charge is 0.421 e. The topological polar surface area (TPSA) is 99.4 Å². The van der Waals surface area contributed by atoms with Crippen LogP contribution in [0.3, 0.4) is 0 Å². The molecule has 2 aliphatic rings. The second-order valence-electron chi connectivity index (χ2n) is 7.62. The Morgan fingerprint density at radius 1 is 1.12 bits per heavy atom. The van der Waals surface area contributed by atoms with Gasteiger partial charge in [-0.2, -0.15) is 0 Å². The van der Waals surface area contributed by atoms with E-state index in [0.29, 0.717) is 12.0 Å². The molecule has 0 radical (unpaired) electrons. The summed E-state index contributed by atoms with van der Waals surface area (Å²) in [5, 5.41) is 10.5. The number of carbonyl (C=O) groups is 1. The average molecular weight is 478 g/mol. The van der Waals surface area contributed by atoms with Crippen molar-refractivity contribution in [1.29, 1.82) is 0 Å². The number of rotatable bonds is 6. The Morgan fingerprint density at radius 3 is 2.42 bits per heavy atom. The maximum atomic E-state index is 12.3. The number of alkyl halides is 6. The number of nitrogens with one attached hydrogen (secondary N) is 1. The van der Waals surface area contributed by atoms with Crippen LogP contribution in [0.1, 0.15) is 54.4 Å². The normalized spacial score (nSPS) is 23.1. The molecular formula is C19H16F6N4O4. The van der Waals surface area contributed by atoms with E-state index >= 15 is 0 Å². The minimum absolute atomic E-state index is 0.0912. The summed E-state index contributed by atoms with van der Waals surface area (Å²) in [6.07, 6.45) is -9.08. The molecule has 0 saturated heterocycles. The van der Waals surface area contributed by atoms with E-state index in [9.17, 15) is 31.1 Å². The molecular weight excluding hydrogens is 462 g/mol. The average Bonchev–Trinajstić information content (AvgIpc) is 3.14. The van der Waals surface area contributed by atoms with Gasteiger partial charge in [0.1, 0.15) is 11.4 Å².